The summed E-state index contributed by atoms with van der Waals surface area (Å²) in [5.74, 6) is -0.197. The van der Waals surface area contributed by atoms with Gasteiger partial charge in [-0.25, -0.2) is 0 Å². The first-order chi connectivity index (χ1) is 8.11. The van der Waals surface area contributed by atoms with Crippen LogP contribution in [0.4, 0.5) is 0 Å². The van der Waals surface area contributed by atoms with Crippen LogP contribution in [0.25, 0.3) is 0 Å². The molecule has 0 aromatic rings. The van der Waals surface area contributed by atoms with Crippen molar-refractivity contribution >= 4 is 17.3 Å². The van der Waals surface area contributed by atoms with Crippen LogP contribution in [-0.2, 0) is 14.4 Å². The second-order valence-electron chi connectivity index (χ2n) is 4.97. The molecule has 2 unspecified atom stereocenters. The van der Waals surface area contributed by atoms with E-state index in [1.165, 1.54) is 12.2 Å². The molecule has 0 radical (unpaired) electrons. The zero-order valence-electron chi connectivity index (χ0n) is 9.31. The summed E-state index contributed by atoms with van der Waals surface area (Å²) in [6, 6.07) is 0. The Bertz CT molecular complexity index is 524. The number of carbonyl (C=O) groups is 3. The Hall–Kier alpha value is -1.77. The quantitative estimate of drug-likeness (QED) is 0.632. The lowest BCUT2D eigenvalue weighted by molar-refractivity contribution is -0.146. The SMILES string of the molecule is O=C1C=CC23CC=CC(=O)C2(CC=CC3=O)C1. The van der Waals surface area contributed by atoms with Crippen molar-refractivity contribution in [1.82, 2.24) is 0 Å². The lowest BCUT2D eigenvalue weighted by Crippen LogP contribution is -2.56. The zero-order chi connectivity index (χ0) is 12.1. The lowest BCUT2D eigenvalue weighted by Gasteiger charge is -2.50. The first-order valence-electron chi connectivity index (χ1n) is 5.75. The van der Waals surface area contributed by atoms with E-state index in [1.54, 1.807) is 24.3 Å². The van der Waals surface area contributed by atoms with E-state index in [2.05, 4.69) is 0 Å². The number of hydrogen-bond acceptors (Lipinski definition) is 3. The molecule has 0 saturated heterocycles. The number of ketones is 3. The van der Waals surface area contributed by atoms with Gasteiger partial charge in [-0.15, -0.1) is 0 Å². The first kappa shape index (κ1) is 10.4. The Labute approximate surface area is 98.9 Å². The van der Waals surface area contributed by atoms with Gasteiger partial charge >= 0.3 is 0 Å². The number of carbonyl (C=O) groups excluding carboxylic acids is 3. The summed E-state index contributed by atoms with van der Waals surface area (Å²) >= 11 is 0. The molecule has 0 aliphatic heterocycles. The van der Waals surface area contributed by atoms with Crippen LogP contribution in [0.2, 0.25) is 0 Å². The number of hydrogen-bond donors (Lipinski definition) is 0. The van der Waals surface area contributed by atoms with Gasteiger partial charge in [0.05, 0.1) is 10.8 Å². The average molecular weight is 228 g/mol. The van der Waals surface area contributed by atoms with Crippen LogP contribution in [0.3, 0.4) is 0 Å². The van der Waals surface area contributed by atoms with Crippen molar-refractivity contribution in [3.8, 4) is 0 Å². The predicted molar refractivity (Wildman–Crippen MR) is 61.2 cm³/mol. The monoisotopic (exact) mass is 228 g/mol. The average Bonchev–Trinajstić information content (AvgIpc) is 2.30. The van der Waals surface area contributed by atoms with Gasteiger partial charge in [-0.3, -0.25) is 14.4 Å². The Kier molecular flexibility index (Phi) is 1.91. The molecule has 0 spiro atoms. The van der Waals surface area contributed by atoms with Crippen molar-refractivity contribution in [3.63, 3.8) is 0 Å². The third-order valence-electron chi connectivity index (χ3n) is 4.24. The van der Waals surface area contributed by atoms with E-state index in [-0.39, 0.29) is 23.8 Å². The van der Waals surface area contributed by atoms with Crippen LogP contribution in [0.5, 0.6) is 0 Å². The summed E-state index contributed by atoms with van der Waals surface area (Å²) in [7, 11) is 0. The highest BCUT2D eigenvalue weighted by Crippen LogP contribution is 2.56. The van der Waals surface area contributed by atoms with Crippen LogP contribution in [0.15, 0.2) is 36.5 Å². The summed E-state index contributed by atoms with van der Waals surface area (Å²) in [5.41, 5.74) is -1.65. The minimum Gasteiger partial charge on any atom is -0.295 e. The van der Waals surface area contributed by atoms with Crippen LogP contribution in [0.1, 0.15) is 19.3 Å². The van der Waals surface area contributed by atoms with Gasteiger partial charge in [0, 0.05) is 6.42 Å². The van der Waals surface area contributed by atoms with Gasteiger partial charge in [0.1, 0.15) is 0 Å². The molecule has 2 atom stereocenters. The molecule has 3 rings (SSSR count). The molecule has 3 heteroatoms. The van der Waals surface area contributed by atoms with Gasteiger partial charge in [0.15, 0.2) is 17.3 Å². The summed E-state index contributed by atoms with van der Waals surface area (Å²) in [6.07, 6.45) is 10.8. The Balaban J connectivity index is 2.29. The summed E-state index contributed by atoms with van der Waals surface area (Å²) in [4.78, 5) is 36.0. The van der Waals surface area contributed by atoms with Crippen LogP contribution < -0.4 is 0 Å². The van der Waals surface area contributed by atoms with Crippen molar-refractivity contribution in [2.45, 2.75) is 19.3 Å². The van der Waals surface area contributed by atoms with E-state index in [0.717, 1.165) is 0 Å². The predicted octanol–water partition coefficient (Wildman–Crippen LogP) is 1.55. The van der Waals surface area contributed by atoms with E-state index in [4.69, 9.17) is 0 Å². The zero-order valence-corrected chi connectivity index (χ0v) is 9.31. The standard InChI is InChI=1S/C14H12O3/c15-10-5-8-13-6-1-4-12(17)14(13,9-10)7-2-3-11(13)16/h1-5,8H,6-7,9H2. The molecule has 0 aromatic carbocycles. The van der Waals surface area contributed by atoms with Crippen molar-refractivity contribution in [2.24, 2.45) is 10.8 Å². The summed E-state index contributed by atoms with van der Waals surface area (Å²) in [5, 5.41) is 0. The van der Waals surface area contributed by atoms with E-state index >= 15 is 0 Å². The minimum atomic E-state index is -0.848. The molecular weight excluding hydrogens is 216 g/mol. The van der Waals surface area contributed by atoms with Crippen molar-refractivity contribution < 1.29 is 14.4 Å². The molecule has 3 aliphatic rings. The van der Waals surface area contributed by atoms with Crippen LogP contribution in [-0.4, -0.2) is 17.3 Å². The molecule has 0 saturated carbocycles. The summed E-state index contributed by atoms with van der Waals surface area (Å²) in [6.45, 7) is 0. The topological polar surface area (TPSA) is 51.2 Å². The smallest absolute Gasteiger partial charge is 0.166 e. The van der Waals surface area contributed by atoms with E-state index in [9.17, 15) is 14.4 Å². The minimum absolute atomic E-state index is 0.0507. The van der Waals surface area contributed by atoms with Crippen molar-refractivity contribution in [2.75, 3.05) is 0 Å². The lowest BCUT2D eigenvalue weighted by atomic mass is 9.49. The first-order valence-corrected chi connectivity index (χ1v) is 5.75. The fourth-order valence-corrected chi connectivity index (χ4v) is 3.28. The molecule has 0 amide bonds. The maximum atomic E-state index is 12.2. The van der Waals surface area contributed by atoms with Crippen LogP contribution in [0, 0.1) is 10.8 Å². The molecule has 0 N–H and O–H groups in total. The number of allylic oxidation sites excluding steroid dienone is 6. The van der Waals surface area contributed by atoms with Gasteiger partial charge in [0.25, 0.3) is 0 Å². The highest BCUT2D eigenvalue weighted by molar-refractivity contribution is 6.12. The maximum absolute atomic E-state index is 12.2. The fourth-order valence-electron chi connectivity index (χ4n) is 3.28. The van der Waals surface area contributed by atoms with Crippen LogP contribution >= 0.6 is 0 Å². The fraction of sp³-hybridized carbons (Fsp3) is 0.357. The number of rotatable bonds is 0. The molecule has 0 heterocycles. The molecular formula is C14H12O3. The third kappa shape index (κ3) is 1.09. The Morgan fingerprint density at radius 3 is 2.41 bits per heavy atom. The molecule has 0 bridgehead atoms. The second kappa shape index (κ2) is 3.13. The molecule has 3 aliphatic carbocycles. The van der Waals surface area contributed by atoms with E-state index in [0.29, 0.717) is 12.8 Å². The molecule has 3 nitrogen and oxygen atoms in total. The van der Waals surface area contributed by atoms with Gasteiger partial charge in [0.2, 0.25) is 0 Å². The van der Waals surface area contributed by atoms with Crippen molar-refractivity contribution in [3.05, 3.63) is 36.5 Å². The maximum Gasteiger partial charge on any atom is 0.166 e. The van der Waals surface area contributed by atoms with Gasteiger partial charge in [-0.2, -0.15) is 0 Å². The van der Waals surface area contributed by atoms with Gasteiger partial charge in [-0.05, 0) is 31.1 Å². The van der Waals surface area contributed by atoms with Gasteiger partial charge < -0.3 is 0 Å². The van der Waals surface area contributed by atoms with Gasteiger partial charge in [-0.1, -0.05) is 18.2 Å². The summed E-state index contributed by atoms with van der Waals surface area (Å²) < 4.78 is 0. The Morgan fingerprint density at radius 2 is 1.59 bits per heavy atom. The largest absolute Gasteiger partial charge is 0.295 e. The molecule has 17 heavy (non-hydrogen) atoms. The normalized spacial score (nSPS) is 39.2. The molecule has 0 fully saturated rings. The molecule has 0 aromatic heterocycles. The Morgan fingerprint density at radius 1 is 0.882 bits per heavy atom. The third-order valence-corrected chi connectivity index (χ3v) is 4.24. The van der Waals surface area contributed by atoms with E-state index < -0.39 is 10.8 Å². The molecule has 86 valence electrons. The van der Waals surface area contributed by atoms with Crippen molar-refractivity contribution in [1.29, 1.82) is 0 Å². The highest BCUT2D eigenvalue weighted by atomic mass is 16.1. The van der Waals surface area contributed by atoms with E-state index in [1.807, 2.05) is 0 Å². The highest BCUT2D eigenvalue weighted by Gasteiger charge is 2.60. The second-order valence-corrected chi connectivity index (χ2v) is 4.97.